The number of hydrogen-bond donors (Lipinski definition) is 1. The average molecular weight is 321 g/mol. The largest absolute Gasteiger partial charge is 0.467 e. The highest BCUT2D eigenvalue weighted by atomic mass is 16.6. The number of ether oxygens (including phenoxy) is 3. The van der Waals surface area contributed by atoms with Crippen LogP contribution in [-0.4, -0.2) is 30.8 Å². The highest BCUT2D eigenvalue weighted by Crippen LogP contribution is 2.14. The molecule has 1 rings (SSSR count). The van der Waals surface area contributed by atoms with Crippen LogP contribution >= 0.6 is 0 Å². The fourth-order valence-electron chi connectivity index (χ4n) is 1.82. The summed E-state index contributed by atoms with van der Waals surface area (Å²) in [7, 11) is 1.27. The molecular weight excluding hydrogens is 298 g/mol. The molecule has 0 heterocycles. The molecule has 0 bridgehead atoms. The smallest absolute Gasteiger partial charge is 0.408 e. The molecule has 6 nitrogen and oxygen atoms in total. The first-order valence-corrected chi connectivity index (χ1v) is 7.19. The summed E-state index contributed by atoms with van der Waals surface area (Å²) in [5.74, 6) is 0.0979. The van der Waals surface area contributed by atoms with Crippen LogP contribution < -0.4 is 10.1 Å². The zero-order chi connectivity index (χ0) is 17.5. The number of rotatable bonds is 6. The van der Waals surface area contributed by atoms with Gasteiger partial charge in [-0.3, -0.25) is 0 Å². The molecule has 1 N–H and O–H groups in total. The Hall–Kier alpha value is -2.50. The van der Waals surface area contributed by atoms with Gasteiger partial charge in [0.15, 0.2) is 0 Å². The maximum atomic E-state index is 11.9. The Morgan fingerprint density at radius 1 is 1.26 bits per heavy atom. The SMILES string of the molecule is C=COc1ccc(C[C@H](NC(=O)OC(C)(C)C)C(=O)OC)cc1. The average Bonchev–Trinajstić information content (AvgIpc) is 2.46. The number of hydrogen-bond acceptors (Lipinski definition) is 5. The minimum absolute atomic E-state index is 0.278. The number of esters is 1. The molecule has 1 amide bonds. The van der Waals surface area contributed by atoms with Crippen LogP contribution in [0.2, 0.25) is 0 Å². The Labute approximate surface area is 136 Å². The third kappa shape index (κ3) is 6.86. The van der Waals surface area contributed by atoms with Crippen molar-refractivity contribution in [3.8, 4) is 5.75 Å². The number of methoxy groups -OCH3 is 1. The lowest BCUT2D eigenvalue weighted by atomic mass is 10.1. The van der Waals surface area contributed by atoms with Gasteiger partial charge >= 0.3 is 12.1 Å². The Balaban J connectivity index is 2.76. The topological polar surface area (TPSA) is 73.9 Å². The molecule has 1 aromatic carbocycles. The van der Waals surface area contributed by atoms with Gasteiger partial charge in [-0.05, 0) is 38.5 Å². The molecule has 0 aliphatic carbocycles. The Morgan fingerprint density at radius 3 is 2.35 bits per heavy atom. The molecule has 0 unspecified atom stereocenters. The molecule has 0 saturated heterocycles. The third-order valence-corrected chi connectivity index (χ3v) is 2.76. The standard InChI is InChI=1S/C17H23NO5/c1-6-22-13-9-7-12(8-10-13)11-14(15(19)21-5)18-16(20)23-17(2,3)4/h6-10,14H,1,11H2,2-5H3,(H,18,20)/t14-/m0/s1. The van der Waals surface area contributed by atoms with Gasteiger partial charge in [-0.15, -0.1) is 0 Å². The van der Waals surface area contributed by atoms with E-state index in [1.807, 2.05) is 0 Å². The highest BCUT2D eigenvalue weighted by molar-refractivity contribution is 5.81. The monoisotopic (exact) mass is 321 g/mol. The van der Waals surface area contributed by atoms with Crippen molar-refractivity contribution < 1.29 is 23.8 Å². The van der Waals surface area contributed by atoms with Crippen molar-refractivity contribution in [2.24, 2.45) is 0 Å². The van der Waals surface area contributed by atoms with E-state index in [2.05, 4.69) is 11.9 Å². The summed E-state index contributed by atoms with van der Waals surface area (Å²) < 4.78 is 15.0. The van der Waals surface area contributed by atoms with Crippen LogP contribution in [0.1, 0.15) is 26.3 Å². The molecule has 0 aliphatic heterocycles. The van der Waals surface area contributed by atoms with Crippen molar-refractivity contribution in [2.45, 2.75) is 38.8 Å². The molecule has 0 spiro atoms. The van der Waals surface area contributed by atoms with Crippen LogP contribution in [0.15, 0.2) is 37.1 Å². The maximum absolute atomic E-state index is 11.9. The van der Waals surface area contributed by atoms with Gasteiger partial charge in [-0.2, -0.15) is 0 Å². The van der Waals surface area contributed by atoms with E-state index in [-0.39, 0.29) is 6.42 Å². The van der Waals surface area contributed by atoms with Gasteiger partial charge in [0.2, 0.25) is 0 Å². The van der Waals surface area contributed by atoms with Crippen molar-refractivity contribution >= 4 is 12.1 Å². The molecule has 6 heteroatoms. The van der Waals surface area contributed by atoms with Gasteiger partial charge in [0.05, 0.1) is 13.4 Å². The minimum atomic E-state index is -0.832. The van der Waals surface area contributed by atoms with Crippen LogP contribution in [0.3, 0.4) is 0 Å². The molecule has 0 aliphatic rings. The second-order valence-corrected chi connectivity index (χ2v) is 5.85. The van der Waals surface area contributed by atoms with E-state index in [9.17, 15) is 9.59 Å². The van der Waals surface area contributed by atoms with E-state index in [0.717, 1.165) is 5.56 Å². The van der Waals surface area contributed by atoms with E-state index in [1.165, 1.54) is 13.4 Å². The van der Waals surface area contributed by atoms with Gasteiger partial charge in [0, 0.05) is 6.42 Å². The van der Waals surface area contributed by atoms with Crippen molar-refractivity contribution in [1.29, 1.82) is 0 Å². The first-order valence-electron chi connectivity index (χ1n) is 7.19. The summed E-state index contributed by atoms with van der Waals surface area (Å²) in [4.78, 5) is 23.7. The van der Waals surface area contributed by atoms with Gasteiger partial charge in [-0.1, -0.05) is 18.7 Å². The predicted molar refractivity (Wildman–Crippen MR) is 86.1 cm³/mol. The van der Waals surface area contributed by atoms with Gasteiger partial charge in [0.1, 0.15) is 17.4 Å². The van der Waals surface area contributed by atoms with Crippen LogP contribution in [0.25, 0.3) is 0 Å². The lowest BCUT2D eigenvalue weighted by Crippen LogP contribution is -2.45. The molecule has 0 saturated carbocycles. The normalized spacial score (nSPS) is 12.0. The second-order valence-electron chi connectivity index (χ2n) is 5.85. The number of carbonyl (C=O) groups excluding carboxylic acids is 2. The highest BCUT2D eigenvalue weighted by Gasteiger charge is 2.25. The van der Waals surface area contributed by atoms with Gasteiger partial charge in [-0.25, -0.2) is 9.59 Å². The van der Waals surface area contributed by atoms with Crippen LogP contribution in [0.5, 0.6) is 5.75 Å². The van der Waals surface area contributed by atoms with Crippen LogP contribution in [-0.2, 0) is 20.7 Å². The third-order valence-electron chi connectivity index (χ3n) is 2.76. The van der Waals surface area contributed by atoms with Crippen LogP contribution in [0.4, 0.5) is 4.79 Å². The molecule has 0 fully saturated rings. The first-order chi connectivity index (χ1) is 10.7. The van der Waals surface area contributed by atoms with E-state index in [4.69, 9.17) is 14.2 Å². The van der Waals surface area contributed by atoms with E-state index in [0.29, 0.717) is 5.75 Å². The van der Waals surface area contributed by atoms with Crippen molar-refractivity contribution in [3.63, 3.8) is 0 Å². The summed E-state index contributed by atoms with van der Waals surface area (Å²) in [5.41, 5.74) is 0.196. The fraction of sp³-hybridized carbons (Fsp3) is 0.412. The van der Waals surface area contributed by atoms with Crippen molar-refractivity contribution in [2.75, 3.05) is 7.11 Å². The Kier molecular flexibility index (Phi) is 6.63. The number of benzene rings is 1. The maximum Gasteiger partial charge on any atom is 0.408 e. The zero-order valence-corrected chi connectivity index (χ0v) is 13.9. The quantitative estimate of drug-likeness (QED) is 0.644. The molecule has 23 heavy (non-hydrogen) atoms. The summed E-state index contributed by atoms with van der Waals surface area (Å²) >= 11 is 0. The first kappa shape index (κ1) is 18.5. The summed E-state index contributed by atoms with van der Waals surface area (Å²) in [5, 5.41) is 2.53. The summed E-state index contributed by atoms with van der Waals surface area (Å²) in [6.45, 7) is 8.72. The second kappa shape index (κ2) is 8.22. The van der Waals surface area contributed by atoms with Gasteiger partial charge in [0.25, 0.3) is 0 Å². The molecule has 0 radical (unpaired) electrons. The van der Waals surface area contributed by atoms with Crippen molar-refractivity contribution in [3.05, 3.63) is 42.7 Å². The molecular formula is C17H23NO5. The Bertz CT molecular complexity index is 545. The van der Waals surface area contributed by atoms with Crippen molar-refractivity contribution in [1.82, 2.24) is 5.32 Å². The zero-order valence-electron chi connectivity index (χ0n) is 13.9. The minimum Gasteiger partial charge on any atom is -0.467 e. The summed E-state index contributed by atoms with van der Waals surface area (Å²) in [6.07, 6.45) is 0.941. The van der Waals surface area contributed by atoms with E-state index in [1.54, 1.807) is 45.0 Å². The van der Waals surface area contributed by atoms with Gasteiger partial charge < -0.3 is 19.5 Å². The van der Waals surface area contributed by atoms with Crippen LogP contribution in [0, 0.1) is 0 Å². The number of carbonyl (C=O) groups is 2. The molecule has 1 aromatic rings. The molecule has 126 valence electrons. The summed E-state index contributed by atoms with van der Waals surface area (Å²) in [6, 6.07) is 6.26. The predicted octanol–water partition coefficient (Wildman–Crippen LogP) is 2.82. The Morgan fingerprint density at radius 2 is 1.87 bits per heavy atom. The lowest BCUT2D eigenvalue weighted by molar-refractivity contribution is -0.143. The number of nitrogens with one attached hydrogen (secondary N) is 1. The fourth-order valence-corrected chi connectivity index (χ4v) is 1.82. The van der Waals surface area contributed by atoms with E-state index >= 15 is 0 Å². The molecule has 0 aromatic heterocycles. The molecule has 1 atom stereocenters. The number of alkyl carbamates (subject to hydrolysis) is 1. The lowest BCUT2D eigenvalue weighted by Gasteiger charge is -2.22. The van der Waals surface area contributed by atoms with E-state index < -0.39 is 23.7 Å². The number of amides is 1.